The number of nitrogens with one attached hydrogen (secondary N) is 1. The molecule has 0 spiro atoms. The molecule has 0 saturated carbocycles. The third-order valence-electron chi connectivity index (χ3n) is 5.21. The second kappa shape index (κ2) is 7.90. The molecule has 0 radical (unpaired) electrons. The molecule has 2 aromatic carbocycles. The molecule has 0 amide bonds. The maximum atomic E-state index is 13.8. The van der Waals surface area contributed by atoms with E-state index < -0.39 is 0 Å². The van der Waals surface area contributed by atoms with Gasteiger partial charge in [0.25, 0.3) is 0 Å². The van der Waals surface area contributed by atoms with Gasteiger partial charge >= 0.3 is 0 Å². The summed E-state index contributed by atoms with van der Waals surface area (Å²) in [5, 5.41) is 3.85. The van der Waals surface area contributed by atoms with Crippen LogP contribution in [0.15, 0.2) is 53.4 Å². The van der Waals surface area contributed by atoms with E-state index in [1.807, 2.05) is 17.8 Å². The van der Waals surface area contributed by atoms with Crippen molar-refractivity contribution in [1.82, 2.24) is 5.32 Å². The minimum atomic E-state index is -0.145. The van der Waals surface area contributed by atoms with Crippen molar-refractivity contribution >= 4 is 11.8 Å². The number of rotatable bonds is 5. The van der Waals surface area contributed by atoms with Gasteiger partial charge in [-0.3, -0.25) is 0 Å². The smallest absolute Gasteiger partial charge is 0.123 e. The van der Waals surface area contributed by atoms with Gasteiger partial charge in [-0.1, -0.05) is 30.3 Å². The quantitative estimate of drug-likeness (QED) is 0.802. The highest BCUT2D eigenvalue weighted by Crippen LogP contribution is 2.39. The number of benzene rings is 2. The maximum absolute atomic E-state index is 13.8. The molecule has 4 rings (SSSR count). The lowest BCUT2D eigenvalue weighted by molar-refractivity contribution is 0.180. The number of ether oxygens (including phenoxy) is 1. The van der Waals surface area contributed by atoms with E-state index in [4.69, 9.17) is 4.74 Å². The summed E-state index contributed by atoms with van der Waals surface area (Å²) >= 11 is 1.83. The first-order valence-corrected chi connectivity index (χ1v) is 10.1. The van der Waals surface area contributed by atoms with Gasteiger partial charge in [0.05, 0.1) is 0 Å². The first kappa shape index (κ1) is 17.1. The monoisotopic (exact) mass is 357 g/mol. The van der Waals surface area contributed by atoms with Crippen LogP contribution in [0.3, 0.4) is 0 Å². The van der Waals surface area contributed by atoms with Crippen molar-refractivity contribution in [2.45, 2.75) is 36.2 Å². The Hall–Kier alpha value is -1.36. The highest BCUT2D eigenvalue weighted by molar-refractivity contribution is 7.99. The molecule has 2 nitrogen and oxygen atoms in total. The summed E-state index contributed by atoms with van der Waals surface area (Å²) in [6.45, 7) is 1.73. The predicted octanol–water partition coefficient (Wildman–Crippen LogP) is 5.12. The largest absolute Gasteiger partial charge is 0.381 e. The summed E-state index contributed by atoms with van der Waals surface area (Å²) < 4.78 is 19.4. The van der Waals surface area contributed by atoms with Crippen molar-refractivity contribution in [1.29, 1.82) is 0 Å². The fourth-order valence-electron chi connectivity index (χ4n) is 3.87. The van der Waals surface area contributed by atoms with Crippen molar-refractivity contribution in [3.05, 3.63) is 65.5 Å². The fraction of sp³-hybridized carbons (Fsp3) is 0.429. The zero-order chi connectivity index (χ0) is 17.1. The number of halogens is 1. The molecule has 132 valence electrons. The van der Waals surface area contributed by atoms with Gasteiger partial charge in [0.1, 0.15) is 5.82 Å². The van der Waals surface area contributed by atoms with Crippen LogP contribution in [0, 0.1) is 11.7 Å². The Labute approximate surface area is 153 Å². The summed E-state index contributed by atoms with van der Waals surface area (Å²) in [5.74, 6) is 1.53. The Morgan fingerprint density at radius 2 is 2.04 bits per heavy atom. The van der Waals surface area contributed by atoms with Crippen LogP contribution in [0.4, 0.5) is 4.39 Å². The zero-order valence-electron chi connectivity index (χ0n) is 14.3. The van der Waals surface area contributed by atoms with Crippen LogP contribution in [0.25, 0.3) is 0 Å². The minimum absolute atomic E-state index is 0.145. The molecule has 1 fully saturated rings. The molecular formula is C21H24FNOS. The van der Waals surface area contributed by atoms with Gasteiger partial charge in [0, 0.05) is 30.2 Å². The molecule has 25 heavy (non-hydrogen) atoms. The lowest BCUT2D eigenvalue weighted by Crippen LogP contribution is -2.30. The molecule has 4 heteroatoms. The lowest BCUT2D eigenvalue weighted by Gasteiger charge is -2.31. The van der Waals surface area contributed by atoms with E-state index in [0.29, 0.717) is 5.92 Å². The topological polar surface area (TPSA) is 21.3 Å². The van der Waals surface area contributed by atoms with Gasteiger partial charge in [-0.2, -0.15) is 0 Å². The fourth-order valence-corrected chi connectivity index (χ4v) is 4.98. The summed E-state index contributed by atoms with van der Waals surface area (Å²) in [6, 6.07) is 16.3. The van der Waals surface area contributed by atoms with Crippen LogP contribution < -0.4 is 5.32 Å². The van der Waals surface area contributed by atoms with Crippen molar-refractivity contribution in [3.8, 4) is 0 Å². The third-order valence-corrected chi connectivity index (χ3v) is 6.33. The standard InChI is InChI=1S/C21H24FNOS/c22-17-6-7-21-18(13-17)19(9-11-25-21)23-20(12-15-8-10-24-14-15)16-4-2-1-3-5-16/h1-7,13,15,19-20,23H,8-12,14H2/t15-,19-,20+/m1/s1. The maximum Gasteiger partial charge on any atom is 0.123 e. The molecular weight excluding hydrogens is 333 g/mol. The van der Waals surface area contributed by atoms with Crippen molar-refractivity contribution in [2.75, 3.05) is 19.0 Å². The van der Waals surface area contributed by atoms with E-state index in [1.54, 1.807) is 12.1 Å². The molecule has 2 aliphatic heterocycles. The van der Waals surface area contributed by atoms with Gasteiger partial charge in [-0.25, -0.2) is 4.39 Å². The summed E-state index contributed by atoms with van der Waals surface area (Å²) in [5.41, 5.74) is 2.42. The Bertz CT molecular complexity index is 702. The average molecular weight is 357 g/mol. The van der Waals surface area contributed by atoms with Gasteiger partial charge in [-0.15, -0.1) is 11.8 Å². The van der Waals surface area contributed by atoms with Crippen LogP contribution in [-0.2, 0) is 4.74 Å². The Morgan fingerprint density at radius 1 is 1.16 bits per heavy atom. The van der Waals surface area contributed by atoms with E-state index in [9.17, 15) is 4.39 Å². The van der Waals surface area contributed by atoms with Crippen LogP contribution >= 0.6 is 11.8 Å². The van der Waals surface area contributed by atoms with Crippen LogP contribution in [0.5, 0.6) is 0 Å². The molecule has 2 heterocycles. The Balaban J connectivity index is 1.57. The molecule has 2 aromatic rings. The highest BCUT2D eigenvalue weighted by Gasteiger charge is 2.27. The average Bonchev–Trinajstić information content (AvgIpc) is 3.15. The number of thioether (sulfide) groups is 1. The molecule has 0 aliphatic carbocycles. The zero-order valence-corrected chi connectivity index (χ0v) is 15.1. The SMILES string of the molecule is Fc1ccc2c(c1)[C@H](N[C@@H](C[C@H]1CCOC1)c1ccccc1)CCS2. The van der Waals surface area contributed by atoms with Crippen molar-refractivity contribution in [3.63, 3.8) is 0 Å². The minimum Gasteiger partial charge on any atom is -0.381 e. The predicted molar refractivity (Wildman–Crippen MR) is 100 cm³/mol. The van der Waals surface area contributed by atoms with Gasteiger partial charge < -0.3 is 10.1 Å². The van der Waals surface area contributed by atoms with Crippen LogP contribution in [0.1, 0.15) is 42.5 Å². The van der Waals surface area contributed by atoms with E-state index >= 15 is 0 Å². The summed E-state index contributed by atoms with van der Waals surface area (Å²) in [4.78, 5) is 1.21. The first-order chi connectivity index (χ1) is 12.3. The third kappa shape index (κ3) is 4.08. The molecule has 1 N–H and O–H groups in total. The van der Waals surface area contributed by atoms with Gasteiger partial charge in [-0.05, 0) is 60.3 Å². The second-order valence-electron chi connectivity index (χ2n) is 6.97. The van der Waals surface area contributed by atoms with Crippen molar-refractivity contribution in [2.24, 2.45) is 5.92 Å². The highest BCUT2D eigenvalue weighted by atomic mass is 32.2. The summed E-state index contributed by atoms with van der Waals surface area (Å²) in [6.07, 6.45) is 3.24. The number of hydrogen-bond donors (Lipinski definition) is 1. The van der Waals surface area contributed by atoms with E-state index in [2.05, 4.69) is 35.6 Å². The number of hydrogen-bond acceptors (Lipinski definition) is 3. The van der Waals surface area contributed by atoms with Crippen LogP contribution in [-0.4, -0.2) is 19.0 Å². The first-order valence-electron chi connectivity index (χ1n) is 9.10. The van der Waals surface area contributed by atoms with E-state index in [1.165, 1.54) is 10.5 Å². The van der Waals surface area contributed by atoms with Crippen LogP contribution in [0.2, 0.25) is 0 Å². The lowest BCUT2D eigenvalue weighted by atomic mass is 9.92. The molecule has 0 bridgehead atoms. The molecule has 2 aliphatic rings. The molecule has 1 saturated heterocycles. The molecule has 0 unspecified atom stereocenters. The van der Waals surface area contributed by atoms with Crippen molar-refractivity contribution < 1.29 is 9.13 Å². The Morgan fingerprint density at radius 3 is 2.84 bits per heavy atom. The van der Waals surface area contributed by atoms with Gasteiger partial charge in [0.15, 0.2) is 0 Å². The normalized spacial score (nSPS) is 24.0. The molecule has 0 aromatic heterocycles. The summed E-state index contributed by atoms with van der Waals surface area (Å²) in [7, 11) is 0. The second-order valence-corrected chi connectivity index (χ2v) is 8.10. The Kier molecular flexibility index (Phi) is 5.39. The van der Waals surface area contributed by atoms with E-state index in [-0.39, 0.29) is 17.9 Å². The molecule has 3 atom stereocenters. The van der Waals surface area contributed by atoms with E-state index in [0.717, 1.165) is 43.8 Å². The van der Waals surface area contributed by atoms with Gasteiger partial charge in [0.2, 0.25) is 0 Å². The number of fused-ring (bicyclic) bond motifs is 1.